The summed E-state index contributed by atoms with van der Waals surface area (Å²) >= 11 is 0. The summed E-state index contributed by atoms with van der Waals surface area (Å²) in [5, 5.41) is 0. The molecule has 0 spiro atoms. The van der Waals surface area contributed by atoms with Crippen molar-refractivity contribution in [3.05, 3.63) is 170 Å². The van der Waals surface area contributed by atoms with Gasteiger partial charge in [-0.05, 0) is 89.9 Å². The molecule has 0 saturated heterocycles. The topological polar surface area (TPSA) is 78.9 Å². The first-order chi connectivity index (χ1) is 36.0. The molecule has 0 saturated carbocycles. The smallest absolute Gasteiger partial charge is 0.306 e. The Morgan fingerprint density at radius 2 is 0.534 bits per heavy atom. The van der Waals surface area contributed by atoms with Crippen molar-refractivity contribution in [3.63, 3.8) is 0 Å². The van der Waals surface area contributed by atoms with Gasteiger partial charge in [-0.3, -0.25) is 14.4 Å². The molecule has 0 radical (unpaired) electrons. The molecule has 0 fully saturated rings. The lowest BCUT2D eigenvalue weighted by atomic mass is 10.1. The van der Waals surface area contributed by atoms with Crippen LogP contribution in [0.25, 0.3) is 0 Å². The molecule has 0 amide bonds. The van der Waals surface area contributed by atoms with Crippen molar-refractivity contribution in [2.24, 2.45) is 0 Å². The van der Waals surface area contributed by atoms with Gasteiger partial charge in [0.25, 0.3) is 0 Å². The molecule has 0 aliphatic carbocycles. The van der Waals surface area contributed by atoms with Crippen LogP contribution in [0.4, 0.5) is 0 Å². The number of ether oxygens (including phenoxy) is 3. The first-order valence-electron chi connectivity index (χ1n) is 28.8. The maximum absolute atomic E-state index is 12.9. The number of allylic oxidation sites excluding steroid dienone is 28. The molecule has 1 atom stereocenters. The summed E-state index contributed by atoms with van der Waals surface area (Å²) in [5.74, 6) is -1.02. The lowest BCUT2D eigenvalue weighted by Gasteiger charge is -2.18. The van der Waals surface area contributed by atoms with E-state index < -0.39 is 6.10 Å². The van der Waals surface area contributed by atoms with Crippen LogP contribution in [0.5, 0.6) is 0 Å². The molecule has 0 aliphatic heterocycles. The zero-order chi connectivity index (χ0) is 52.9. The molecule has 0 aliphatic rings. The Hall–Kier alpha value is -5.23. The van der Waals surface area contributed by atoms with Crippen molar-refractivity contribution in [1.82, 2.24) is 0 Å². The summed E-state index contributed by atoms with van der Waals surface area (Å²) in [5.41, 5.74) is 0. The monoisotopic (exact) mass is 1000 g/mol. The van der Waals surface area contributed by atoms with Crippen LogP contribution in [-0.2, 0) is 28.6 Å². The van der Waals surface area contributed by atoms with Gasteiger partial charge in [0, 0.05) is 19.3 Å². The van der Waals surface area contributed by atoms with Crippen molar-refractivity contribution >= 4 is 17.9 Å². The normalized spacial score (nSPS) is 13.4. The lowest BCUT2D eigenvalue weighted by molar-refractivity contribution is -0.167. The van der Waals surface area contributed by atoms with E-state index in [4.69, 9.17) is 14.2 Å². The van der Waals surface area contributed by atoms with E-state index in [1.165, 1.54) is 51.4 Å². The average Bonchev–Trinajstić information content (AvgIpc) is 3.39. The van der Waals surface area contributed by atoms with Crippen molar-refractivity contribution < 1.29 is 28.6 Å². The van der Waals surface area contributed by atoms with Crippen molar-refractivity contribution in [2.45, 2.75) is 219 Å². The van der Waals surface area contributed by atoms with Crippen LogP contribution in [0.2, 0.25) is 0 Å². The zero-order valence-corrected chi connectivity index (χ0v) is 46.3. The fourth-order valence-corrected chi connectivity index (χ4v) is 7.20. The fourth-order valence-electron chi connectivity index (χ4n) is 7.20. The van der Waals surface area contributed by atoms with Crippen LogP contribution in [-0.4, -0.2) is 37.2 Å². The molecule has 0 aromatic carbocycles. The van der Waals surface area contributed by atoms with Crippen LogP contribution in [0, 0.1) is 0 Å². The molecular formula is C67H102O6. The lowest BCUT2D eigenvalue weighted by Crippen LogP contribution is -2.30. The molecule has 6 heteroatoms. The Bertz CT molecular complexity index is 1720. The predicted octanol–water partition coefficient (Wildman–Crippen LogP) is 19.5. The van der Waals surface area contributed by atoms with Crippen LogP contribution in [0.15, 0.2) is 170 Å². The van der Waals surface area contributed by atoms with Gasteiger partial charge in [0.15, 0.2) is 6.10 Å². The van der Waals surface area contributed by atoms with Crippen LogP contribution >= 0.6 is 0 Å². The number of rotatable bonds is 49. The van der Waals surface area contributed by atoms with Crippen LogP contribution in [0.3, 0.4) is 0 Å². The summed E-state index contributed by atoms with van der Waals surface area (Å²) in [6.07, 6.45) is 87.5. The highest BCUT2D eigenvalue weighted by molar-refractivity contribution is 5.71. The quantitative estimate of drug-likeness (QED) is 0.0261. The van der Waals surface area contributed by atoms with E-state index in [-0.39, 0.29) is 44.0 Å². The van der Waals surface area contributed by atoms with E-state index >= 15 is 0 Å². The van der Waals surface area contributed by atoms with Gasteiger partial charge in [0.1, 0.15) is 13.2 Å². The molecule has 6 nitrogen and oxygen atoms in total. The Labute approximate surface area is 447 Å². The minimum absolute atomic E-state index is 0.123. The predicted molar refractivity (Wildman–Crippen MR) is 315 cm³/mol. The van der Waals surface area contributed by atoms with Gasteiger partial charge < -0.3 is 14.2 Å². The third kappa shape index (κ3) is 57.5. The fraction of sp³-hybridized carbons (Fsp3) is 0.537. The third-order valence-electron chi connectivity index (χ3n) is 11.5. The third-order valence-corrected chi connectivity index (χ3v) is 11.5. The SMILES string of the molecule is CC\C=C/C=C\C=C/C=C\C=C\C=C/C=C\CCCCCC(=O)OCC(COC(=O)CCCCCCC\C=C/C=C\C=C/CCCCCCC)OC(=O)CCCCCCC\C=C/C=C\C=C/C=C\CCCCC. The van der Waals surface area contributed by atoms with Crippen LogP contribution < -0.4 is 0 Å². The minimum Gasteiger partial charge on any atom is -0.462 e. The average molecular weight is 1000 g/mol. The number of hydrogen-bond donors (Lipinski definition) is 0. The van der Waals surface area contributed by atoms with E-state index in [0.717, 1.165) is 116 Å². The Morgan fingerprint density at radius 3 is 0.877 bits per heavy atom. The Balaban J connectivity index is 4.63. The molecule has 0 bridgehead atoms. The van der Waals surface area contributed by atoms with E-state index in [0.29, 0.717) is 12.8 Å². The maximum atomic E-state index is 12.9. The molecule has 0 aromatic heterocycles. The van der Waals surface area contributed by atoms with E-state index in [1.807, 2.05) is 72.9 Å². The minimum atomic E-state index is -0.829. The second-order valence-electron chi connectivity index (χ2n) is 18.4. The second-order valence-corrected chi connectivity index (χ2v) is 18.4. The van der Waals surface area contributed by atoms with Gasteiger partial charge in [0.2, 0.25) is 0 Å². The summed E-state index contributed by atoms with van der Waals surface area (Å²) in [6.45, 7) is 6.34. The standard InChI is InChI=1S/C67H102O6/c1-4-7-10-13-16-19-22-25-28-31-34-37-39-42-45-48-51-54-57-60-66(69)72-63-64(73-67(70)61-58-55-52-49-46-43-40-36-33-30-27-24-21-18-15-12-9-6-3)62-71-65(68)59-56-53-50-47-44-41-38-35-32-29-26-23-20-17-14-11-8-5-2/h7,10,13,16,18-19,21-40,42,45,64H,4-6,8-9,11-12,14-15,17,20,41,43-44,46-63H2,1-3H3/b10-7-,16-13-,21-18-,22-19-,26-23-,27-24-,28-25-,32-29-,33-30-,34-31+,38-35-,39-37-,40-36-,45-42-. The summed E-state index contributed by atoms with van der Waals surface area (Å²) in [7, 11) is 0. The van der Waals surface area contributed by atoms with Crippen LogP contribution in [0.1, 0.15) is 213 Å². The second kappa shape index (κ2) is 59.3. The van der Waals surface area contributed by atoms with Gasteiger partial charge in [-0.25, -0.2) is 0 Å². The Morgan fingerprint density at radius 1 is 0.288 bits per heavy atom. The number of carbonyl (C=O) groups is 3. The number of carbonyl (C=O) groups excluding carboxylic acids is 3. The molecule has 0 rings (SSSR count). The summed E-state index contributed by atoms with van der Waals surface area (Å²) < 4.78 is 16.8. The Kier molecular flexibility index (Phi) is 55.1. The van der Waals surface area contributed by atoms with Crippen molar-refractivity contribution in [2.75, 3.05) is 13.2 Å². The van der Waals surface area contributed by atoms with E-state index in [9.17, 15) is 14.4 Å². The van der Waals surface area contributed by atoms with Gasteiger partial charge in [-0.2, -0.15) is 0 Å². The summed E-state index contributed by atoms with van der Waals surface area (Å²) in [6, 6.07) is 0. The van der Waals surface area contributed by atoms with Gasteiger partial charge >= 0.3 is 17.9 Å². The summed E-state index contributed by atoms with van der Waals surface area (Å²) in [4.78, 5) is 38.2. The van der Waals surface area contributed by atoms with E-state index in [1.54, 1.807) is 0 Å². The molecular weight excluding hydrogens is 901 g/mol. The van der Waals surface area contributed by atoms with E-state index in [2.05, 4.69) is 118 Å². The van der Waals surface area contributed by atoms with Gasteiger partial charge in [-0.15, -0.1) is 0 Å². The molecule has 0 heterocycles. The first kappa shape index (κ1) is 67.8. The molecule has 1 unspecified atom stereocenters. The molecule has 0 N–H and O–H groups in total. The highest BCUT2D eigenvalue weighted by Crippen LogP contribution is 2.13. The highest BCUT2D eigenvalue weighted by atomic mass is 16.6. The molecule has 0 aromatic rings. The number of esters is 3. The maximum Gasteiger partial charge on any atom is 0.306 e. The van der Waals surface area contributed by atoms with Gasteiger partial charge in [-0.1, -0.05) is 274 Å². The highest BCUT2D eigenvalue weighted by Gasteiger charge is 2.19. The number of unbranched alkanes of at least 4 members (excludes halogenated alkanes) is 21. The zero-order valence-electron chi connectivity index (χ0n) is 46.3. The first-order valence-corrected chi connectivity index (χ1v) is 28.8. The number of hydrogen-bond acceptors (Lipinski definition) is 6. The van der Waals surface area contributed by atoms with Crippen molar-refractivity contribution in [1.29, 1.82) is 0 Å². The van der Waals surface area contributed by atoms with Crippen molar-refractivity contribution in [3.8, 4) is 0 Å². The largest absolute Gasteiger partial charge is 0.462 e. The molecule has 73 heavy (non-hydrogen) atoms. The molecule has 406 valence electrons. The van der Waals surface area contributed by atoms with Gasteiger partial charge in [0.05, 0.1) is 0 Å².